The summed E-state index contributed by atoms with van der Waals surface area (Å²) < 4.78 is 8.36. The minimum atomic E-state index is 0.194. The van der Waals surface area contributed by atoms with E-state index in [0.29, 0.717) is 0 Å². The van der Waals surface area contributed by atoms with E-state index in [1.807, 2.05) is 0 Å². The third-order valence-electron chi connectivity index (χ3n) is 0. The minimum absolute atomic E-state index is 0.194. The number of hydrogen-bond donors (Lipinski definition) is 0. The molecule has 22 valence electrons. The van der Waals surface area contributed by atoms with E-state index in [0.717, 1.165) is 22.7 Å². The van der Waals surface area contributed by atoms with Crippen LogP contribution in [0.1, 0.15) is 0 Å². The number of hydrogen-bond acceptors (Lipinski definition) is 2. The summed E-state index contributed by atoms with van der Waals surface area (Å²) in [6.07, 6.45) is 0. The summed E-state index contributed by atoms with van der Waals surface area (Å²) in [7, 11) is 4.19. The molecular weight excluding hydrogens is 466 g/mol. The third kappa shape index (κ3) is 9.21. The summed E-state index contributed by atoms with van der Waals surface area (Å²) >= 11 is 1.22. The van der Waals surface area contributed by atoms with Gasteiger partial charge in [-0.05, 0) is 0 Å². The Balaban J connectivity index is 0. The zero-order valence-corrected chi connectivity index (χ0v) is 9.48. The van der Waals surface area contributed by atoms with Crippen molar-refractivity contribution in [3.8, 4) is 0 Å². The molecule has 0 bridgehead atoms. The molecule has 0 aromatic heterocycles. The van der Waals surface area contributed by atoms with Crippen molar-refractivity contribution in [3.63, 3.8) is 0 Å². The molecule has 0 rings (SSSR count). The molecule has 0 fully saturated rings. The van der Waals surface area contributed by atoms with Gasteiger partial charge in [-0.1, -0.05) is 0 Å². The van der Waals surface area contributed by atoms with Crippen molar-refractivity contribution in [2.24, 2.45) is 0 Å². The predicted molar refractivity (Wildman–Crippen MR) is 19.8 cm³/mol. The first-order valence-electron chi connectivity index (χ1n) is 0.365. The normalized spacial score (nSPS) is 2.00. The van der Waals surface area contributed by atoms with Gasteiger partial charge in [0, 0.05) is 0 Å². The molecule has 4 heavy (non-hydrogen) atoms. The van der Waals surface area contributed by atoms with E-state index in [-0.39, 0.29) is 24.7 Å². The third-order valence-corrected chi connectivity index (χ3v) is 0. The van der Waals surface area contributed by atoms with Gasteiger partial charge in [0.15, 0.2) is 0 Å². The molecule has 0 spiro atoms. The molecule has 0 aliphatic rings. The Hall–Kier alpha value is 1.79. The van der Waals surface area contributed by atoms with Crippen LogP contribution in [-0.2, 0) is 2.81 Å². The van der Waals surface area contributed by atoms with Crippen LogP contribution in [-0.4, -0.2) is 47.4 Å². The SMILES string of the molecule is [O]=[Bi].[S]=[Bi]. The van der Waals surface area contributed by atoms with Gasteiger partial charge in [-0.15, -0.1) is 0 Å². The predicted octanol–water partition coefficient (Wildman–Crippen LogP) is -0.232. The van der Waals surface area contributed by atoms with Crippen LogP contribution in [0.4, 0.5) is 0 Å². The summed E-state index contributed by atoms with van der Waals surface area (Å²) in [6.45, 7) is 0. The molecule has 4 heteroatoms. The standard InChI is InChI=1S/2Bi.O.S. The topological polar surface area (TPSA) is 17.1 Å². The molecule has 0 unspecified atom stereocenters. The first kappa shape index (κ1) is 9.25. The van der Waals surface area contributed by atoms with Crippen LogP contribution in [0.5, 0.6) is 0 Å². The first-order chi connectivity index (χ1) is 2.00. The van der Waals surface area contributed by atoms with E-state index in [9.17, 15) is 0 Å². The molecular formula is Bi2OS. The van der Waals surface area contributed by atoms with Crippen molar-refractivity contribution in [1.29, 1.82) is 0 Å². The average Bonchev–Trinajstić information content (AvgIpc) is 1.50. The van der Waals surface area contributed by atoms with Gasteiger partial charge >= 0.3 is 59.1 Å². The Morgan fingerprint density at radius 1 is 1.25 bits per heavy atom. The second-order valence-corrected chi connectivity index (χ2v) is 0. The quantitative estimate of drug-likeness (QED) is 0.460. The zero-order chi connectivity index (χ0) is 4.00. The maximum atomic E-state index is 8.36. The first-order valence-corrected chi connectivity index (χ1v) is 6.41. The van der Waals surface area contributed by atoms with E-state index >= 15 is 0 Å². The van der Waals surface area contributed by atoms with Gasteiger partial charge in [0.1, 0.15) is 0 Å². The summed E-state index contributed by atoms with van der Waals surface area (Å²) in [6, 6.07) is 0. The van der Waals surface area contributed by atoms with Crippen molar-refractivity contribution in [1.82, 2.24) is 0 Å². The van der Waals surface area contributed by atoms with Crippen molar-refractivity contribution in [2.75, 3.05) is 0 Å². The molecule has 0 atom stereocenters. The Kier molecular flexibility index (Phi) is 49.7. The Morgan fingerprint density at radius 2 is 1.25 bits per heavy atom. The molecule has 0 N–H and O–H groups in total. The van der Waals surface area contributed by atoms with Crippen LogP contribution < -0.4 is 0 Å². The molecule has 0 aromatic carbocycles. The van der Waals surface area contributed by atoms with Crippen LogP contribution in [0.2, 0.25) is 0 Å². The van der Waals surface area contributed by atoms with Gasteiger partial charge in [0.2, 0.25) is 0 Å². The summed E-state index contributed by atoms with van der Waals surface area (Å²) in [4.78, 5) is 0. The van der Waals surface area contributed by atoms with Gasteiger partial charge in [-0.25, -0.2) is 0 Å². The molecule has 2 radical (unpaired) electrons. The molecule has 0 saturated heterocycles. The van der Waals surface area contributed by atoms with Gasteiger partial charge in [-0.3, -0.25) is 0 Å². The van der Waals surface area contributed by atoms with E-state index in [4.69, 9.17) is 2.81 Å². The van der Waals surface area contributed by atoms with Gasteiger partial charge in [0.05, 0.1) is 0 Å². The van der Waals surface area contributed by atoms with Crippen LogP contribution in [0.25, 0.3) is 0 Å². The molecule has 0 aliphatic carbocycles. The van der Waals surface area contributed by atoms with Gasteiger partial charge < -0.3 is 0 Å². The van der Waals surface area contributed by atoms with E-state index in [1.54, 1.807) is 0 Å². The Bertz CT molecular complexity index is 8.00. The van der Waals surface area contributed by atoms with Gasteiger partial charge in [-0.2, -0.15) is 0 Å². The fourth-order valence-electron chi connectivity index (χ4n) is 0. The maximum absolute atomic E-state index is 8.36. The molecule has 0 saturated carbocycles. The number of rotatable bonds is 0. The fraction of sp³-hybridized carbons (Fsp3) is 0. The Labute approximate surface area is 58.2 Å². The molecule has 0 amide bonds. The summed E-state index contributed by atoms with van der Waals surface area (Å²) in [5, 5.41) is 0. The van der Waals surface area contributed by atoms with Gasteiger partial charge in [0.25, 0.3) is 0 Å². The molecule has 0 heterocycles. The molecule has 0 aliphatic heterocycles. The van der Waals surface area contributed by atoms with Crippen LogP contribution in [0.15, 0.2) is 0 Å². The second kappa shape index (κ2) is 21.5. The fourth-order valence-corrected chi connectivity index (χ4v) is 0. The van der Waals surface area contributed by atoms with Crippen LogP contribution >= 0.6 is 8.86 Å². The molecule has 1 nitrogen and oxygen atoms in total. The van der Waals surface area contributed by atoms with E-state index in [2.05, 4.69) is 8.86 Å². The second-order valence-electron chi connectivity index (χ2n) is 0. The monoisotopic (exact) mass is 466 g/mol. The van der Waals surface area contributed by atoms with Crippen molar-refractivity contribution < 1.29 is 2.81 Å². The van der Waals surface area contributed by atoms with Crippen LogP contribution in [0.3, 0.4) is 0 Å². The average molecular weight is 466 g/mol. The van der Waals surface area contributed by atoms with E-state index < -0.39 is 0 Å². The zero-order valence-electron chi connectivity index (χ0n) is 1.71. The van der Waals surface area contributed by atoms with Crippen molar-refractivity contribution in [3.05, 3.63) is 0 Å². The van der Waals surface area contributed by atoms with E-state index in [1.165, 1.54) is 0 Å². The van der Waals surface area contributed by atoms with Crippen molar-refractivity contribution in [2.45, 2.75) is 0 Å². The Morgan fingerprint density at radius 3 is 1.25 bits per heavy atom. The summed E-state index contributed by atoms with van der Waals surface area (Å²) in [5.74, 6) is 0. The molecule has 0 aromatic rings. The summed E-state index contributed by atoms with van der Waals surface area (Å²) in [5.41, 5.74) is 0. The van der Waals surface area contributed by atoms with Crippen LogP contribution in [0, 0.1) is 0 Å². The van der Waals surface area contributed by atoms with Crippen molar-refractivity contribution >= 4 is 56.3 Å².